The van der Waals surface area contributed by atoms with Gasteiger partial charge in [-0.05, 0) is 37.3 Å². The Morgan fingerprint density at radius 3 is 2.23 bits per heavy atom. The van der Waals surface area contributed by atoms with Gasteiger partial charge in [-0.1, -0.05) is 38.5 Å². The normalized spacial score (nSPS) is 31.6. The van der Waals surface area contributed by atoms with Gasteiger partial charge >= 0.3 is 0 Å². The Morgan fingerprint density at radius 2 is 1.77 bits per heavy atom. The fraction of sp³-hybridized carbons (Fsp3) is 0.647. The monoisotopic (exact) mass is 323 g/mol. The summed E-state index contributed by atoms with van der Waals surface area (Å²) >= 11 is 0. The van der Waals surface area contributed by atoms with Gasteiger partial charge < -0.3 is 5.32 Å². The number of hydrogen-bond donors (Lipinski definition) is 1. The van der Waals surface area contributed by atoms with Crippen LogP contribution in [0.4, 0.5) is 0 Å². The van der Waals surface area contributed by atoms with E-state index in [0.29, 0.717) is 6.04 Å². The first kappa shape index (κ1) is 16.0. The number of rotatable bonds is 3. The van der Waals surface area contributed by atoms with E-state index in [0.717, 1.165) is 24.9 Å². The molecule has 22 heavy (non-hydrogen) atoms. The molecule has 5 heteroatoms. The first-order valence-corrected chi connectivity index (χ1v) is 9.27. The van der Waals surface area contributed by atoms with Crippen molar-refractivity contribution < 1.29 is 12.6 Å². The van der Waals surface area contributed by atoms with Crippen LogP contribution in [0.3, 0.4) is 0 Å². The van der Waals surface area contributed by atoms with Crippen LogP contribution in [0.15, 0.2) is 29.2 Å². The highest BCUT2D eigenvalue weighted by Gasteiger charge is 2.59. The molecule has 1 aliphatic carbocycles. The molecule has 3 rings (SSSR count). The summed E-state index contributed by atoms with van der Waals surface area (Å²) in [6.07, 6.45) is 1.47. The lowest BCUT2D eigenvalue weighted by Gasteiger charge is -2.63. The first-order valence-electron chi connectivity index (χ1n) is 7.86. The SMILES string of the molecule is Cc1ccc(S(=O)(=O)OC2CC3(CNC3C(C)(C)C)C2)cc1. The van der Waals surface area contributed by atoms with E-state index in [2.05, 4.69) is 26.1 Å². The number of benzene rings is 1. The molecule has 0 radical (unpaired) electrons. The van der Waals surface area contributed by atoms with E-state index >= 15 is 0 Å². The molecule has 1 spiro atoms. The molecule has 1 aromatic carbocycles. The van der Waals surface area contributed by atoms with Gasteiger partial charge in [0, 0.05) is 18.0 Å². The fourth-order valence-electron chi connectivity index (χ4n) is 3.95. The van der Waals surface area contributed by atoms with Gasteiger partial charge in [-0.15, -0.1) is 0 Å². The van der Waals surface area contributed by atoms with Crippen molar-refractivity contribution in [2.45, 2.75) is 57.6 Å². The van der Waals surface area contributed by atoms with Gasteiger partial charge in [-0.25, -0.2) is 0 Å². The van der Waals surface area contributed by atoms with Crippen molar-refractivity contribution in [3.05, 3.63) is 29.8 Å². The summed E-state index contributed by atoms with van der Waals surface area (Å²) in [7, 11) is -3.64. The Balaban J connectivity index is 1.64. The number of hydrogen-bond acceptors (Lipinski definition) is 4. The van der Waals surface area contributed by atoms with E-state index in [4.69, 9.17) is 4.18 Å². The van der Waals surface area contributed by atoms with Crippen LogP contribution in [0.2, 0.25) is 0 Å². The van der Waals surface area contributed by atoms with Crippen molar-refractivity contribution in [1.29, 1.82) is 0 Å². The quantitative estimate of drug-likeness (QED) is 0.869. The maximum absolute atomic E-state index is 12.3. The van der Waals surface area contributed by atoms with E-state index in [1.54, 1.807) is 24.3 Å². The van der Waals surface area contributed by atoms with Crippen LogP contribution < -0.4 is 5.32 Å². The second-order valence-electron chi connectivity index (χ2n) is 7.94. The summed E-state index contributed by atoms with van der Waals surface area (Å²) in [5.41, 5.74) is 1.46. The standard InChI is InChI=1S/C17H25NO3S/c1-12-5-7-14(8-6-12)22(19,20)21-13-9-17(10-13)11-18-15(17)16(2,3)4/h5-8,13,15,18H,9-11H2,1-4H3. The van der Waals surface area contributed by atoms with Gasteiger partial charge in [0.15, 0.2) is 0 Å². The Kier molecular flexibility index (Phi) is 3.66. The molecule has 4 nitrogen and oxygen atoms in total. The minimum atomic E-state index is -3.64. The summed E-state index contributed by atoms with van der Waals surface area (Å²) in [4.78, 5) is 0.248. The molecule has 1 saturated carbocycles. The van der Waals surface area contributed by atoms with E-state index in [-0.39, 0.29) is 21.8 Å². The molecule has 2 aliphatic rings. The average Bonchev–Trinajstić information content (AvgIpc) is 2.30. The molecular formula is C17H25NO3S. The maximum atomic E-state index is 12.3. The molecule has 1 saturated heterocycles. The van der Waals surface area contributed by atoms with E-state index in [1.165, 1.54) is 0 Å². The van der Waals surface area contributed by atoms with Crippen molar-refractivity contribution in [1.82, 2.24) is 5.32 Å². The highest BCUT2D eigenvalue weighted by Crippen LogP contribution is 2.54. The van der Waals surface area contributed by atoms with Crippen LogP contribution in [0.5, 0.6) is 0 Å². The van der Waals surface area contributed by atoms with Crippen molar-refractivity contribution in [2.24, 2.45) is 10.8 Å². The third-order valence-electron chi connectivity index (χ3n) is 4.98. The predicted molar refractivity (Wildman–Crippen MR) is 86.2 cm³/mol. The van der Waals surface area contributed by atoms with Crippen molar-refractivity contribution in [2.75, 3.05) is 6.54 Å². The summed E-state index contributed by atoms with van der Waals surface area (Å²) in [5.74, 6) is 0. The molecule has 0 bridgehead atoms. The predicted octanol–water partition coefficient (Wildman–Crippen LogP) is 2.87. The topological polar surface area (TPSA) is 55.4 Å². The Bertz CT molecular complexity index is 652. The van der Waals surface area contributed by atoms with Crippen LogP contribution >= 0.6 is 0 Å². The number of nitrogens with one attached hydrogen (secondary N) is 1. The van der Waals surface area contributed by atoms with Crippen molar-refractivity contribution in [3.63, 3.8) is 0 Å². The smallest absolute Gasteiger partial charge is 0.297 e. The van der Waals surface area contributed by atoms with Crippen molar-refractivity contribution >= 4 is 10.1 Å². The molecule has 1 unspecified atom stereocenters. The fourth-order valence-corrected chi connectivity index (χ4v) is 5.03. The molecule has 1 heterocycles. The van der Waals surface area contributed by atoms with Crippen molar-refractivity contribution in [3.8, 4) is 0 Å². The van der Waals surface area contributed by atoms with E-state index < -0.39 is 10.1 Å². The molecule has 1 aromatic rings. The third-order valence-corrected chi connectivity index (χ3v) is 6.35. The second kappa shape index (κ2) is 5.05. The highest BCUT2D eigenvalue weighted by molar-refractivity contribution is 7.86. The zero-order valence-electron chi connectivity index (χ0n) is 13.7. The first-order chi connectivity index (χ1) is 10.1. The van der Waals surface area contributed by atoms with Crippen LogP contribution in [-0.4, -0.2) is 27.1 Å². The van der Waals surface area contributed by atoms with Gasteiger partial charge in [0.1, 0.15) is 0 Å². The molecule has 122 valence electrons. The molecule has 1 N–H and O–H groups in total. The van der Waals surface area contributed by atoms with Crippen LogP contribution in [0, 0.1) is 17.8 Å². The van der Waals surface area contributed by atoms with Crippen LogP contribution in [0.25, 0.3) is 0 Å². The maximum Gasteiger partial charge on any atom is 0.297 e. The zero-order valence-corrected chi connectivity index (χ0v) is 14.5. The zero-order chi connectivity index (χ0) is 16.2. The lowest BCUT2D eigenvalue weighted by Crippen LogP contribution is -2.73. The summed E-state index contributed by atoms with van der Waals surface area (Å²) in [6.45, 7) is 9.58. The lowest BCUT2D eigenvalue weighted by molar-refractivity contribution is -0.116. The van der Waals surface area contributed by atoms with Gasteiger partial charge in [-0.2, -0.15) is 8.42 Å². The second-order valence-corrected chi connectivity index (χ2v) is 9.51. The van der Waals surface area contributed by atoms with Crippen LogP contribution in [-0.2, 0) is 14.3 Å². The van der Waals surface area contributed by atoms with Gasteiger partial charge in [0.25, 0.3) is 10.1 Å². The molecule has 0 aromatic heterocycles. The Morgan fingerprint density at radius 1 is 1.18 bits per heavy atom. The minimum absolute atomic E-state index is 0.182. The molecule has 0 amide bonds. The summed E-state index contributed by atoms with van der Waals surface area (Å²) in [5, 5.41) is 3.49. The van der Waals surface area contributed by atoms with Gasteiger partial charge in [0.05, 0.1) is 11.0 Å². The molecule has 1 atom stereocenters. The molecular weight excluding hydrogens is 298 g/mol. The van der Waals surface area contributed by atoms with E-state index in [9.17, 15) is 8.42 Å². The van der Waals surface area contributed by atoms with Gasteiger partial charge in [-0.3, -0.25) is 4.18 Å². The van der Waals surface area contributed by atoms with Crippen LogP contribution in [0.1, 0.15) is 39.2 Å². The summed E-state index contributed by atoms with van der Waals surface area (Å²) < 4.78 is 30.0. The molecule has 1 aliphatic heterocycles. The highest BCUT2D eigenvalue weighted by atomic mass is 32.2. The Hall–Kier alpha value is -0.910. The summed E-state index contributed by atoms with van der Waals surface area (Å²) in [6, 6.07) is 7.26. The minimum Gasteiger partial charge on any atom is -0.312 e. The number of aryl methyl sites for hydroxylation is 1. The molecule has 2 fully saturated rings. The third kappa shape index (κ3) is 2.70. The average molecular weight is 323 g/mol. The van der Waals surface area contributed by atoms with E-state index in [1.807, 2.05) is 6.92 Å². The van der Waals surface area contributed by atoms with Gasteiger partial charge in [0.2, 0.25) is 0 Å². The Labute approximate surface area is 133 Å². The lowest BCUT2D eigenvalue weighted by atomic mass is 9.52. The largest absolute Gasteiger partial charge is 0.312 e.